The van der Waals surface area contributed by atoms with E-state index in [1.807, 2.05) is 60.7 Å². The van der Waals surface area contributed by atoms with Crippen LogP contribution >= 0.6 is 0 Å². The van der Waals surface area contributed by atoms with Gasteiger partial charge in [-0.2, -0.15) is 10.4 Å². The third kappa shape index (κ3) is 3.04. The molecule has 150 valence electrons. The highest BCUT2D eigenvalue weighted by Gasteiger charge is 2.17. The molecule has 0 saturated carbocycles. The van der Waals surface area contributed by atoms with Gasteiger partial charge in [0.25, 0.3) is 0 Å². The lowest BCUT2D eigenvalue weighted by Gasteiger charge is -2.10. The maximum Gasteiger partial charge on any atom is 0.162 e. The number of hydrogen-bond acceptors (Lipinski definition) is 5. The van der Waals surface area contributed by atoms with E-state index in [-0.39, 0.29) is 0 Å². The number of rotatable bonds is 4. The number of pyridine rings is 1. The fourth-order valence-corrected chi connectivity index (χ4v) is 3.89. The van der Waals surface area contributed by atoms with E-state index in [1.165, 1.54) is 0 Å². The number of fused-ring (bicyclic) bond motifs is 3. The summed E-state index contributed by atoms with van der Waals surface area (Å²) in [4.78, 5) is 4.54. The van der Waals surface area contributed by atoms with Crippen LogP contribution < -0.4 is 9.47 Å². The third-order valence-corrected chi connectivity index (χ3v) is 5.40. The van der Waals surface area contributed by atoms with Crippen molar-refractivity contribution in [1.82, 2.24) is 15.2 Å². The molecule has 0 bridgehead atoms. The number of aromatic amines is 1. The zero-order valence-electron chi connectivity index (χ0n) is 17.0. The standard InChI is InChI=1S/C25H18N4O2/c1-30-22-11-19-20(12-23(22)31-2)27-14-21-24(19)25(29-28-21)16-8-9-17(13-26)18(10-16)15-6-4-3-5-7-15/h3-12,14H,1-2H3,(H,28,29). The van der Waals surface area contributed by atoms with E-state index in [0.29, 0.717) is 17.1 Å². The highest BCUT2D eigenvalue weighted by molar-refractivity contribution is 6.11. The van der Waals surface area contributed by atoms with Gasteiger partial charge in [0.1, 0.15) is 5.69 Å². The molecule has 0 saturated heterocycles. The zero-order chi connectivity index (χ0) is 21.4. The number of nitriles is 1. The number of hydrogen-bond donors (Lipinski definition) is 1. The Bertz CT molecular complexity index is 1470. The van der Waals surface area contributed by atoms with Crippen LogP contribution in [0.5, 0.6) is 11.5 Å². The van der Waals surface area contributed by atoms with Crippen LogP contribution in [-0.2, 0) is 0 Å². The molecule has 2 aromatic heterocycles. The van der Waals surface area contributed by atoms with Crippen molar-refractivity contribution in [3.63, 3.8) is 0 Å². The molecule has 0 unspecified atom stereocenters. The lowest BCUT2D eigenvalue weighted by molar-refractivity contribution is 0.356. The zero-order valence-corrected chi connectivity index (χ0v) is 17.0. The average Bonchev–Trinajstić information content (AvgIpc) is 3.28. The Kier molecular flexibility index (Phi) is 4.49. The van der Waals surface area contributed by atoms with Crippen molar-refractivity contribution < 1.29 is 9.47 Å². The van der Waals surface area contributed by atoms with E-state index in [0.717, 1.165) is 44.2 Å². The highest BCUT2D eigenvalue weighted by Crippen LogP contribution is 2.38. The van der Waals surface area contributed by atoms with E-state index < -0.39 is 0 Å². The largest absolute Gasteiger partial charge is 0.493 e. The van der Waals surface area contributed by atoms with Crippen LogP contribution in [0.25, 0.3) is 44.2 Å². The van der Waals surface area contributed by atoms with Crippen molar-refractivity contribution in [2.45, 2.75) is 0 Å². The minimum absolute atomic E-state index is 0.618. The van der Waals surface area contributed by atoms with Crippen LogP contribution in [0.15, 0.2) is 66.9 Å². The van der Waals surface area contributed by atoms with E-state index in [1.54, 1.807) is 20.4 Å². The highest BCUT2D eigenvalue weighted by atomic mass is 16.5. The monoisotopic (exact) mass is 406 g/mol. The Morgan fingerprint density at radius 2 is 1.68 bits per heavy atom. The summed E-state index contributed by atoms with van der Waals surface area (Å²) in [5.41, 5.74) is 5.77. The Morgan fingerprint density at radius 3 is 2.42 bits per heavy atom. The fraction of sp³-hybridized carbons (Fsp3) is 0.0800. The molecule has 0 aliphatic heterocycles. The van der Waals surface area contributed by atoms with E-state index in [4.69, 9.17) is 9.47 Å². The Hall–Kier alpha value is -4.37. The molecule has 5 aromatic rings. The minimum atomic E-state index is 0.618. The number of methoxy groups -OCH3 is 2. The van der Waals surface area contributed by atoms with Gasteiger partial charge in [0.15, 0.2) is 11.5 Å². The summed E-state index contributed by atoms with van der Waals surface area (Å²) in [6.07, 6.45) is 1.77. The van der Waals surface area contributed by atoms with E-state index in [2.05, 4.69) is 21.3 Å². The smallest absolute Gasteiger partial charge is 0.162 e. The van der Waals surface area contributed by atoms with Crippen molar-refractivity contribution in [2.75, 3.05) is 14.2 Å². The first-order chi connectivity index (χ1) is 15.2. The first kappa shape index (κ1) is 18.6. The minimum Gasteiger partial charge on any atom is -0.493 e. The Labute approximate surface area is 178 Å². The third-order valence-electron chi connectivity index (χ3n) is 5.40. The van der Waals surface area contributed by atoms with Crippen LogP contribution in [0, 0.1) is 11.3 Å². The first-order valence-corrected chi connectivity index (χ1v) is 9.72. The predicted octanol–water partition coefficient (Wildman–Crippen LogP) is 5.33. The van der Waals surface area contributed by atoms with Crippen molar-refractivity contribution in [3.8, 4) is 40.0 Å². The normalized spacial score (nSPS) is 10.9. The molecule has 6 heteroatoms. The number of benzene rings is 3. The maximum absolute atomic E-state index is 9.62. The van der Waals surface area contributed by atoms with Gasteiger partial charge in [-0.1, -0.05) is 36.4 Å². The van der Waals surface area contributed by atoms with Gasteiger partial charge in [-0.3, -0.25) is 10.1 Å². The van der Waals surface area contributed by atoms with Gasteiger partial charge in [0, 0.05) is 28.0 Å². The maximum atomic E-state index is 9.62. The Balaban J connectivity index is 1.78. The van der Waals surface area contributed by atoms with E-state index >= 15 is 0 Å². The van der Waals surface area contributed by atoms with Gasteiger partial charge in [0.05, 0.1) is 43.1 Å². The SMILES string of the molecule is COc1cc2ncc3[nH]nc(-c4ccc(C#N)c(-c5ccccc5)c4)c3c2cc1OC. The summed E-state index contributed by atoms with van der Waals surface area (Å²) in [6, 6.07) is 21.7. The number of nitrogens with zero attached hydrogens (tertiary/aromatic N) is 3. The molecule has 3 aromatic carbocycles. The summed E-state index contributed by atoms with van der Waals surface area (Å²) in [7, 11) is 3.22. The van der Waals surface area contributed by atoms with Crippen LogP contribution in [0.3, 0.4) is 0 Å². The predicted molar refractivity (Wildman–Crippen MR) is 120 cm³/mol. The van der Waals surface area contributed by atoms with Crippen LogP contribution in [-0.4, -0.2) is 29.4 Å². The van der Waals surface area contributed by atoms with Crippen molar-refractivity contribution in [2.24, 2.45) is 0 Å². The average molecular weight is 406 g/mol. The van der Waals surface area contributed by atoms with Crippen molar-refractivity contribution in [3.05, 3.63) is 72.4 Å². The summed E-state index contributed by atoms with van der Waals surface area (Å²) >= 11 is 0. The summed E-state index contributed by atoms with van der Waals surface area (Å²) in [6.45, 7) is 0. The lowest BCUT2D eigenvalue weighted by atomic mass is 9.95. The van der Waals surface area contributed by atoms with E-state index in [9.17, 15) is 5.26 Å². The van der Waals surface area contributed by atoms with Gasteiger partial charge >= 0.3 is 0 Å². The fourth-order valence-electron chi connectivity index (χ4n) is 3.89. The molecule has 0 aliphatic carbocycles. The quantitative estimate of drug-likeness (QED) is 0.436. The van der Waals surface area contributed by atoms with Gasteiger partial charge in [-0.05, 0) is 23.8 Å². The molecule has 0 fully saturated rings. The van der Waals surface area contributed by atoms with Gasteiger partial charge in [-0.15, -0.1) is 0 Å². The second-order valence-electron chi connectivity index (χ2n) is 7.08. The lowest BCUT2D eigenvalue weighted by Crippen LogP contribution is -1.92. The van der Waals surface area contributed by atoms with Crippen LogP contribution in [0.2, 0.25) is 0 Å². The number of aromatic nitrogens is 3. The molecule has 5 rings (SSSR count). The number of nitrogens with one attached hydrogen (secondary N) is 1. The van der Waals surface area contributed by atoms with Gasteiger partial charge < -0.3 is 9.47 Å². The summed E-state index contributed by atoms with van der Waals surface area (Å²) < 4.78 is 10.9. The molecule has 31 heavy (non-hydrogen) atoms. The van der Waals surface area contributed by atoms with Crippen LogP contribution in [0.1, 0.15) is 5.56 Å². The van der Waals surface area contributed by atoms with Crippen molar-refractivity contribution >= 4 is 21.8 Å². The second kappa shape index (κ2) is 7.47. The van der Waals surface area contributed by atoms with Gasteiger partial charge in [0.2, 0.25) is 0 Å². The molecule has 0 atom stereocenters. The summed E-state index contributed by atoms with van der Waals surface area (Å²) in [5.74, 6) is 1.25. The first-order valence-electron chi connectivity index (χ1n) is 9.72. The molecule has 0 amide bonds. The van der Waals surface area contributed by atoms with Gasteiger partial charge in [-0.25, -0.2) is 0 Å². The molecule has 0 aliphatic rings. The molecular formula is C25H18N4O2. The Morgan fingerprint density at radius 1 is 0.903 bits per heavy atom. The number of ether oxygens (including phenoxy) is 2. The molecule has 0 radical (unpaired) electrons. The summed E-state index contributed by atoms with van der Waals surface area (Å²) in [5, 5.41) is 19.1. The topological polar surface area (TPSA) is 83.8 Å². The molecular weight excluding hydrogens is 388 g/mol. The second-order valence-corrected chi connectivity index (χ2v) is 7.08. The van der Waals surface area contributed by atoms with Crippen LogP contribution in [0.4, 0.5) is 0 Å². The van der Waals surface area contributed by atoms with Crippen molar-refractivity contribution in [1.29, 1.82) is 5.26 Å². The molecule has 2 heterocycles. The molecule has 0 spiro atoms. The molecule has 6 nitrogen and oxygen atoms in total. The molecule has 1 N–H and O–H groups in total. The number of H-pyrrole nitrogens is 1.